The van der Waals surface area contributed by atoms with Gasteiger partial charge >= 0.3 is 0 Å². The molecule has 2 aromatic rings. The van der Waals surface area contributed by atoms with Gasteiger partial charge in [-0.15, -0.1) is 0 Å². The lowest BCUT2D eigenvalue weighted by Crippen LogP contribution is -2.60. The number of hydrogen-bond donors (Lipinski definition) is 1. The minimum absolute atomic E-state index is 0.108. The lowest BCUT2D eigenvalue weighted by molar-refractivity contribution is -0.162. The summed E-state index contributed by atoms with van der Waals surface area (Å²) in [5.41, 5.74) is 1.92. The Morgan fingerprint density at radius 2 is 1.59 bits per heavy atom. The molecule has 2 bridgehead atoms. The smallest absolute Gasteiger partial charge is 0.233 e. The fraction of sp³-hybridized carbons (Fsp3) is 0.480. The Labute approximate surface area is 186 Å². The zero-order chi connectivity index (χ0) is 21.9. The number of fused-ring (bicyclic) bond motifs is 5. The molecule has 2 aliphatic heterocycles. The molecule has 1 aromatic heterocycles. The molecular weight excluding hydrogens is 407 g/mol. The summed E-state index contributed by atoms with van der Waals surface area (Å²) in [6, 6.07) is 11.8. The molecule has 32 heavy (non-hydrogen) atoms. The highest BCUT2D eigenvalue weighted by Gasteiger charge is 2.58. The van der Waals surface area contributed by atoms with E-state index in [4.69, 9.17) is 0 Å². The van der Waals surface area contributed by atoms with Crippen LogP contribution in [0.4, 0.5) is 21.6 Å². The zero-order valence-corrected chi connectivity index (χ0v) is 18.0. The van der Waals surface area contributed by atoms with Gasteiger partial charge in [0.05, 0.1) is 31.0 Å². The number of nitrogens with zero attached hydrogens (tertiary/aromatic N) is 3. The number of anilines is 3. The summed E-state index contributed by atoms with van der Waals surface area (Å²) in [7, 11) is 0. The van der Waals surface area contributed by atoms with E-state index in [2.05, 4.69) is 10.3 Å². The van der Waals surface area contributed by atoms with Gasteiger partial charge in [0.1, 0.15) is 12.0 Å². The van der Waals surface area contributed by atoms with Gasteiger partial charge in [-0.3, -0.25) is 9.59 Å². The van der Waals surface area contributed by atoms with Crippen molar-refractivity contribution in [2.75, 3.05) is 23.3 Å². The Bertz CT molecular complexity index is 1070. The number of benzene rings is 1. The Morgan fingerprint density at radius 1 is 0.938 bits per heavy atom. The molecule has 1 N–H and O–H groups in total. The van der Waals surface area contributed by atoms with Gasteiger partial charge in [0.2, 0.25) is 11.8 Å². The summed E-state index contributed by atoms with van der Waals surface area (Å²) in [6.45, 7) is 0.939. The van der Waals surface area contributed by atoms with Crippen molar-refractivity contribution in [3.8, 4) is 0 Å². The first-order valence-corrected chi connectivity index (χ1v) is 11.6. The van der Waals surface area contributed by atoms with E-state index in [9.17, 15) is 14.0 Å². The lowest BCUT2D eigenvalue weighted by atomic mass is 9.52. The first kappa shape index (κ1) is 19.7. The van der Waals surface area contributed by atoms with Crippen LogP contribution in [0.1, 0.15) is 44.1 Å². The highest BCUT2D eigenvalue weighted by molar-refractivity contribution is 6.02. The highest BCUT2D eigenvalue weighted by Crippen LogP contribution is 2.59. The number of alkyl halides is 1. The Balaban J connectivity index is 1.28. The molecule has 3 aliphatic carbocycles. The number of hydrogen-bond acceptors (Lipinski definition) is 4. The van der Waals surface area contributed by atoms with E-state index in [-0.39, 0.29) is 24.9 Å². The number of nitrogens with one attached hydrogen (secondary N) is 1. The molecule has 5 aliphatic rings. The minimum atomic E-state index is -0.878. The average Bonchev–Trinajstić information content (AvgIpc) is 2.99. The summed E-state index contributed by atoms with van der Waals surface area (Å²) >= 11 is 0. The number of rotatable bonds is 2. The SMILES string of the molecule is O=C(N1CC(F)C1)C12CCC(C(=O)N3Cc4cccnc4Nc4ccccc43)(CC1)CC2. The molecule has 0 spiro atoms. The molecule has 0 unspecified atom stereocenters. The van der Waals surface area contributed by atoms with E-state index < -0.39 is 17.0 Å². The predicted octanol–water partition coefficient (Wildman–Crippen LogP) is 4.19. The minimum Gasteiger partial charge on any atom is -0.338 e. The summed E-state index contributed by atoms with van der Waals surface area (Å²) in [6.07, 6.45) is 5.19. The summed E-state index contributed by atoms with van der Waals surface area (Å²) in [5.74, 6) is 1.04. The summed E-state index contributed by atoms with van der Waals surface area (Å²) in [4.78, 5) is 35.2. The Kier molecular flexibility index (Phi) is 4.32. The van der Waals surface area contributed by atoms with Crippen molar-refractivity contribution in [2.45, 2.75) is 51.2 Å². The van der Waals surface area contributed by atoms with Crippen molar-refractivity contribution in [2.24, 2.45) is 10.8 Å². The molecule has 7 rings (SSSR count). The maximum absolute atomic E-state index is 14.1. The first-order chi connectivity index (χ1) is 15.5. The Morgan fingerprint density at radius 3 is 2.28 bits per heavy atom. The first-order valence-electron chi connectivity index (χ1n) is 11.6. The number of aromatic nitrogens is 1. The molecule has 0 atom stereocenters. The van der Waals surface area contributed by atoms with E-state index in [1.165, 1.54) is 0 Å². The number of para-hydroxylation sites is 2. The van der Waals surface area contributed by atoms with Gasteiger partial charge < -0.3 is 15.1 Å². The van der Waals surface area contributed by atoms with Crippen LogP contribution in [0.3, 0.4) is 0 Å². The van der Waals surface area contributed by atoms with E-state index >= 15 is 0 Å². The summed E-state index contributed by atoms with van der Waals surface area (Å²) in [5, 5.41) is 3.40. The van der Waals surface area contributed by atoms with Crippen molar-refractivity contribution in [1.29, 1.82) is 0 Å². The van der Waals surface area contributed by atoms with Crippen molar-refractivity contribution in [3.63, 3.8) is 0 Å². The number of carbonyl (C=O) groups excluding carboxylic acids is 2. The van der Waals surface area contributed by atoms with Gasteiger partial charge in [0, 0.05) is 22.6 Å². The topological polar surface area (TPSA) is 65.5 Å². The van der Waals surface area contributed by atoms with Gasteiger partial charge in [0.15, 0.2) is 0 Å². The maximum atomic E-state index is 14.1. The normalized spacial score (nSPS) is 28.8. The lowest BCUT2D eigenvalue weighted by Gasteiger charge is -2.54. The van der Waals surface area contributed by atoms with Crippen LogP contribution < -0.4 is 10.2 Å². The number of pyridine rings is 1. The second kappa shape index (κ2) is 7.02. The van der Waals surface area contributed by atoms with E-state index in [1.807, 2.05) is 41.3 Å². The maximum Gasteiger partial charge on any atom is 0.233 e. The van der Waals surface area contributed by atoms with Crippen LogP contribution in [0, 0.1) is 10.8 Å². The monoisotopic (exact) mass is 434 g/mol. The second-order valence-corrected chi connectivity index (χ2v) is 9.91. The van der Waals surface area contributed by atoms with Gasteiger partial charge in [-0.2, -0.15) is 0 Å². The van der Waals surface area contributed by atoms with Crippen molar-refractivity contribution >= 4 is 29.0 Å². The number of carbonyl (C=O) groups is 2. The molecule has 0 radical (unpaired) electrons. The standard InChI is InChI=1S/C25H27FN4O2/c26-18-15-29(16-18)22(31)24-7-10-25(11-8-24,12-9-24)23(32)30-14-17-4-3-13-27-21(17)28-19-5-1-2-6-20(19)30/h1-6,13,18H,7-12,14-16H2,(H,27,28). The van der Waals surface area contributed by atoms with Crippen LogP contribution in [0.5, 0.6) is 0 Å². The van der Waals surface area contributed by atoms with Gasteiger partial charge in [-0.1, -0.05) is 18.2 Å². The van der Waals surface area contributed by atoms with Crippen LogP contribution in [0.25, 0.3) is 0 Å². The molecule has 1 saturated heterocycles. The van der Waals surface area contributed by atoms with Crippen LogP contribution in [0.2, 0.25) is 0 Å². The van der Waals surface area contributed by atoms with E-state index in [0.717, 1.165) is 61.3 Å². The predicted molar refractivity (Wildman–Crippen MR) is 119 cm³/mol. The van der Waals surface area contributed by atoms with Gasteiger partial charge in [0.25, 0.3) is 0 Å². The molecule has 3 heterocycles. The molecule has 1 aromatic carbocycles. The van der Waals surface area contributed by atoms with Crippen LogP contribution in [-0.2, 0) is 16.1 Å². The van der Waals surface area contributed by atoms with E-state index in [1.54, 1.807) is 11.1 Å². The molecule has 6 nitrogen and oxygen atoms in total. The molecule has 166 valence electrons. The van der Waals surface area contributed by atoms with Crippen molar-refractivity contribution in [1.82, 2.24) is 9.88 Å². The molecule has 4 fully saturated rings. The third-order valence-corrected chi connectivity index (χ3v) is 8.19. The molecule has 7 heteroatoms. The number of likely N-dealkylation sites (tertiary alicyclic amines) is 1. The fourth-order valence-corrected chi connectivity index (χ4v) is 6.10. The van der Waals surface area contributed by atoms with Crippen LogP contribution in [0.15, 0.2) is 42.6 Å². The summed E-state index contributed by atoms with van der Waals surface area (Å²) < 4.78 is 13.3. The molecule has 3 saturated carbocycles. The largest absolute Gasteiger partial charge is 0.338 e. The average molecular weight is 435 g/mol. The van der Waals surface area contributed by atoms with Crippen molar-refractivity contribution < 1.29 is 14.0 Å². The quantitative estimate of drug-likeness (QED) is 0.770. The zero-order valence-electron chi connectivity index (χ0n) is 18.0. The third kappa shape index (κ3) is 2.86. The van der Waals surface area contributed by atoms with Crippen LogP contribution in [-0.4, -0.2) is 41.0 Å². The van der Waals surface area contributed by atoms with Gasteiger partial charge in [-0.05, 0) is 56.7 Å². The second-order valence-electron chi connectivity index (χ2n) is 9.91. The van der Waals surface area contributed by atoms with Crippen LogP contribution >= 0.6 is 0 Å². The number of amides is 2. The van der Waals surface area contributed by atoms with E-state index in [0.29, 0.717) is 6.54 Å². The van der Waals surface area contributed by atoms with Crippen molar-refractivity contribution in [3.05, 3.63) is 48.2 Å². The molecular formula is C25H27FN4O2. The Hall–Kier alpha value is -2.96. The third-order valence-electron chi connectivity index (χ3n) is 8.19. The molecule has 2 amide bonds. The highest BCUT2D eigenvalue weighted by atomic mass is 19.1. The van der Waals surface area contributed by atoms with Gasteiger partial charge in [-0.25, -0.2) is 9.37 Å². The fourth-order valence-electron chi connectivity index (χ4n) is 6.10. The number of halogens is 1.